The third-order valence-electron chi connectivity index (χ3n) is 7.93. The maximum atomic E-state index is 11.3. The minimum atomic E-state index is -0.598. The standard InChI is InChI=1S/C27H40O4/c1-20-12-13-21(2)23(11-7-5-9-15-27(18-19-27)25(30)31)22(20)10-6-3-4-8-14-26(16-17-26)24(28)29/h12-13H,3-11,14-19H2,1-2H3,(H,28,29)(H,30,31). The lowest BCUT2D eigenvalue weighted by Crippen LogP contribution is -2.14. The minimum Gasteiger partial charge on any atom is -0.481 e. The molecule has 0 atom stereocenters. The Hall–Kier alpha value is -1.84. The van der Waals surface area contributed by atoms with Crippen LogP contribution in [0.4, 0.5) is 0 Å². The average Bonchev–Trinajstić information content (AvgIpc) is 3.63. The molecule has 4 heteroatoms. The molecule has 0 amide bonds. The van der Waals surface area contributed by atoms with Crippen LogP contribution in [0.25, 0.3) is 0 Å². The van der Waals surface area contributed by atoms with Crippen LogP contribution in [0.2, 0.25) is 0 Å². The van der Waals surface area contributed by atoms with E-state index >= 15 is 0 Å². The summed E-state index contributed by atoms with van der Waals surface area (Å²) in [5.74, 6) is -1.19. The molecular formula is C27H40O4. The number of unbranched alkanes of at least 4 members (excludes halogenated alkanes) is 5. The van der Waals surface area contributed by atoms with Crippen LogP contribution in [0.15, 0.2) is 12.1 Å². The molecule has 0 radical (unpaired) electrons. The fourth-order valence-corrected chi connectivity index (χ4v) is 5.13. The van der Waals surface area contributed by atoms with Gasteiger partial charge in [0.2, 0.25) is 0 Å². The molecule has 31 heavy (non-hydrogen) atoms. The van der Waals surface area contributed by atoms with Crippen molar-refractivity contribution in [3.8, 4) is 0 Å². The van der Waals surface area contributed by atoms with Gasteiger partial charge in [0.05, 0.1) is 10.8 Å². The quantitative estimate of drug-likeness (QED) is 0.307. The molecule has 2 aliphatic rings. The number of carboxylic acids is 2. The molecule has 2 saturated carbocycles. The van der Waals surface area contributed by atoms with Crippen molar-refractivity contribution in [3.05, 3.63) is 34.4 Å². The van der Waals surface area contributed by atoms with E-state index in [1.54, 1.807) is 0 Å². The molecule has 1 aromatic rings. The van der Waals surface area contributed by atoms with Crippen molar-refractivity contribution in [1.82, 2.24) is 0 Å². The summed E-state index contributed by atoms with van der Waals surface area (Å²) >= 11 is 0. The zero-order valence-corrected chi connectivity index (χ0v) is 19.5. The Morgan fingerprint density at radius 2 is 1.03 bits per heavy atom. The molecule has 0 unspecified atom stereocenters. The van der Waals surface area contributed by atoms with Crippen LogP contribution in [0.3, 0.4) is 0 Å². The van der Waals surface area contributed by atoms with Crippen LogP contribution < -0.4 is 0 Å². The minimum absolute atomic E-state index is 0.371. The Morgan fingerprint density at radius 3 is 1.39 bits per heavy atom. The van der Waals surface area contributed by atoms with Crippen molar-refractivity contribution in [2.45, 2.75) is 110 Å². The lowest BCUT2D eigenvalue weighted by Gasteiger charge is -2.16. The Morgan fingerprint density at radius 1 is 0.677 bits per heavy atom. The number of hydrogen-bond acceptors (Lipinski definition) is 2. The van der Waals surface area contributed by atoms with E-state index in [1.165, 1.54) is 35.1 Å². The second-order valence-electron chi connectivity index (χ2n) is 10.3. The second-order valence-corrected chi connectivity index (χ2v) is 10.3. The Bertz CT molecular complexity index is 787. The first-order valence-corrected chi connectivity index (χ1v) is 12.3. The Balaban J connectivity index is 1.40. The fourth-order valence-electron chi connectivity index (χ4n) is 5.13. The van der Waals surface area contributed by atoms with Gasteiger partial charge in [-0.05, 0) is 100 Å². The number of rotatable bonds is 15. The maximum absolute atomic E-state index is 11.3. The zero-order valence-electron chi connectivity index (χ0n) is 19.5. The summed E-state index contributed by atoms with van der Waals surface area (Å²) in [7, 11) is 0. The van der Waals surface area contributed by atoms with Gasteiger partial charge >= 0.3 is 11.9 Å². The zero-order chi connectivity index (χ0) is 22.5. The van der Waals surface area contributed by atoms with Crippen LogP contribution in [0.1, 0.15) is 106 Å². The summed E-state index contributed by atoms with van der Waals surface area (Å²) in [4.78, 5) is 22.6. The lowest BCUT2D eigenvalue weighted by atomic mass is 9.89. The lowest BCUT2D eigenvalue weighted by molar-refractivity contribution is -0.144. The molecule has 172 valence electrons. The highest BCUT2D eigenvalue weighted by Gasteiger charge is 2.49. The molecule has 2 N–H and O–H groups in total. The van der Waals surface area contributed by atoms with E-state index < -0.39 is 11.9 Å². The van der Waals surface area contributed by atoms with Crippen LogP contribution in [0.5, 0.6) is 0 Å². The number of carbonyl (C=O) groups is 2. The van der Waals surface area contributed by atoms with Crippen molar-refractivity contribution in [3.63, 3.8) is 0 Å². The predicted molar refractivity (Wildman–Crippen MR) is 123 cm³/mol. The summed E-state index contributed by atoms with van der Waals surface area (Å²) < 4.78 is 0. The fraction of sp³-hybridized carbons (Fsp3) is 0.704. The summed E-state index contributed by atoms with van der Waals surface area (Å²) in [6.07, 6.45) is 15.1. The summed E-state index contributed by atoms with van der Waals surface area (Å²) in [6, 6.07) is 4.47. The van der Waals surface area contributed by atoms with E-state index in [-0.39, 0.29) is 10.8 Å². The molecule has 2 fully saturated rings. The molecule has 1 aromatic carbocycles. The van der Waals surface area contributed by atoms with Gasteiger partial charge in [0.25, 0.3) is 0 Å². The summed E-state index contributed by atoms with van der Waals surface area (Å²) in [6.45, 7) is 4.43. The maximum Gasteiger partial charge on any atom is 0.309 e. The van der Waals surface area contributed by atoms with Gasteiger partial charge in [0.15, 0.2) is 0 Å². The largest absolute Gasteiger partial charge is 0.481 e. The van der Waals surface area contributed by atoms with E-state index in [4.69, 9.17) is 0 Å². The van der Waals surface area contributed by atoms with Crippen molar-refractivity contribution >= 4 is 11.9 Å². The van der Waals surface area contributed by atoms with Gasteiger partial charge in [-0.1, -0.05) is 44.2 Å². The first-order valence-electron chi connectivity index (χ1n) is 12.3. The highest BCUT2D eigenvalue weighted by molar-refractivity contribution is 5.78. The second kappa shape index (κ2) is 10.2. The van der Waals surface area contributed by atoms with Crippen molar-refractivity contribution < 1.29 is 19.8 Å². The van der Waals surface area contributed by atoms with Crippen LogP contribution in [-0.2, 0) is 22.4 Å². The molecule has 2 aliphatic carbocycles. The molecule has 0 aliphatic heterocycles. The van der Waals surface area contributed by atoms with Crippen LogP contribution >= 0.6 is 0 Å². The molecule has 4 nitrogen and oxygen atoms in total. The van der Waals surface area contributed by atoms with Gasteiger partial charge < -0.3 is 10.2 Å². The van der Waals surface area contributed by atoms with Gasteiger partial charge in [0.1, 0.15) is 0 Å². The molecular weight excluding hydrogens is 388 g/mol. The smallest absolute Gasteiger partial charge is 0.309 e. The predicted octanol–water partition coefficient (Wildman–Crippen LogP) is 6.63. The number of carboxylic acid groups (broad SMARTS) is 2. The number of aliphatic carboxylic acids is 2. The third kappa shape index (κ3) is 6.11. The van der Waals surface area contributed by atoms with Crippen molar-refractivity contribution in [2.24, 2.45) is 10.8 Å². The molecule has 0 aromatic heterocycles. The molecule has 0 saturated heterocycles. The van der Waals surface area contributed by atoms with Gasteiger partial charge in [-0.2, -0.15) is 0 Å². The van der Waals surface area contributed by atoms with Crippen LogP contribution in [-0.4, -0.2) is 22.2 Å². The van der Waals surface area contributed by atoms with Crippen molar-refractivity contribution in [1.29, 1.82) is 0 Å². The first-order chi connectivity index (χ1) is 14.8. The average molecular weight is 429 g/mol. The Kier molecular flexibility index (Phi) is 7.82. The molecule has 0 spiro atoms. The van der Waals surface area contributed by atoms with E-state index in [0.717, 1.165) is 83.5 Å². The van der Waals surface area contributed by atoms with Gasteiger partial charge in [-0.25, -0.2) is 0 Å². The third-order valence-corrected chi connectivity index (χ3v) is 7.93. The van der Waals surface area contributed by atoms with Crippen molar-refractivity contribution in [2.75, 3.05) is 0 Å². The normalized spacial score (nSPS) is 18.0. The van der Waals surface area contributed by atoms with E-state index in [2.05, 4.69) is 26.0 Å². The SMILES string of the molecule is Cc1ccc(C)c(CCCCCC2(C(=O)O)CC2)c1CCCCCCC1(C(=O)O)CC1. The van der Waals surface area contributed by atoms with Gasteiger partial charge in [0, 0.05) is 0 Å². The topological polar surface area (TPSA) is 74.6 Å². The summed E-state index contributed by atoms with van der Waals surface area (Å²) in [5.41, 5.74) is 5.02. The molecule has 3 rings (SSSR count). The molecule has 0 heterocycles. The number of hydrogen-bond donors (Lipinski definition) is 2. The van der Waals surface area contributed by atoms with Crippen LogP contribution in [0, 0.1) is 24.7 Å². The monoisotopic (exact) mass is 428 g/mol. The highest BCUT2D eigenvalue weighted by Crippen LogP contribution is 2.50. The van der Waals surface area contributed by atoms with E-state index in [9.17, 15) is 19.8 Å². The molecule has 0 bridgehead atoms. The van der Waals surface area contributed by atoms with E-state index in [1.807, 2.05) is 0 Å². The van der Waals surface area contributed by atoms with E-state index in [0.29, 0.717) is 0 Å². The van der Waals surface area contributed by atoms with Gasteiger partial charge in [-0.3, -0.25) is 9.59 Å². The number of benzene rings is 1. The first kappa shape index (κ1) is 23.8. The number of aryl methyl sites for hydroxylation is 2. The highest BCUT2D eigenvalue weighted by atomic mass is 16.4. The summed E-state index contributed by atoms with van der Waals surface area (Å²) in [5, 5.41) is 18.6. The van der Waals surface area contributed by atoms with Gasteiger partial charge in [-0.15, -0.1) is 0 Å². The Labute approximate surface area is 187 Å².